The molecule has 3 amide bonds. The van der Waals surface area contributed by atoms with Gasteiger partial charge in [0.25, 0.3) is 0 Å². The van der Waals surface area contributed by atoms with Gasteiger partial charge in [-0.15, -0.1) is 0 Å². The first-order valence-electron chi connectivity index (χ1n) is 28.5. The second-order valence-electron chi connectivity index (χ2n) is 22.9. The van der Waals surface area contributed by atoms with E-state index in [4.69, 9.17) is 10.5 Å². The van der Waals surface area contributed by atoms with Gasteiger partial charge in [0.15, 0.2) is 0 Å². The van der Waals surface area contributed by atoms with E-state index in [1.165, 1.54) is 109 Å². The second-order valence-corrected chi connectivity index (χ2v) is 22.9. The van der Waals surface area contributed by atoms with Gasteiger partial charge in [0.05, 0.1) is 6.54 Å². The molecule has 0 unspecified atom stereocenters. The van der Waals surface area contributed by atoms with Crippen molar-refractivity contribution in [3.8, 4) is 0 Å². The highest BCUT2D eigenvalue weighted by molar-refractivity contribution is 5.84. The van der Waals surface area contributed by atoms with Crippen LogP contribution in [0.3, 0.4) is 0 Å². The van der Waals surface area contributed by atoms with Gasteiger partial charge in [-0.2, -0.15) is 0 Å². The topological polar surface area (TPSA) is 114 Å². The maximum Gasteiger partial charge on any atom is 0.407 e. The van der Waals surface area contributed by atoms with Crippen molar-refractivity contribution in [1.29, 1.82) is 0 Å². The molecule has 3 fully saturated rings. The first-order valence-corrected chi connectivity index (χ1v) is 28.5. The van der Waals surface area contributed by atoms with E-state index in [1.54, 1.807) is 10.5 Å². The third kappa shape index (κ3) is 18.5. The number of hydrogen-bond acceptors (Lipinski definition) is 5. The SMILES string of the molecule is CCCCCCCC/C=C\CCCCCCCC(=O)N(CCCCCCNC(=O)O[C@H]1CC[C@@]2(C)C(=CC[C@H]3[C@@H]4CC[C@H]([C@H](C)CCCC(C)C)[C@@]4(C)CC[C@@H]32)C1)CC(=O)NCCCCN. The third-order valence-electron chi connectivity index (χ3n) is 17.5. The number of unbranched alkanes of at least 4 members (excludes halogenated alkanes) is 15. The Morgan fingerprint density at radius 2 is 1.42 bits per heavy atom. The van der Waals surface area contributed by atoms with Crippen molar-refractivity contribution in [3.63, 3.8) is 0 Å². The van der Waals surface area contributed by atoms with Crippen LogP contribution >= 0.6 is 0 Å². The van der Waals surface area contributed by atoms with Crippen molar-refractivity contribution < 1.29 is 19.1 Å². The van der Waals surface area contributed by atoms with Crippen molar-refractivity contribution >= 4 is 17.9 Å². The number of nitrogens with zero attached hydrogens (tertiary/aromatic N) is 1. The van der Waals surface area contributed by atoms with Gasteiger partial charge in [-0.05, 0) is 156 Å². The summed E-state index contributed by atoms with van der Waals surface area (Å²) in [7, 11) is 0. The predicted octanol–water partition coefficient (Wildman–Crippen LogP) is 14.4. The quantitative estimate of drug-likeness (QED) is 0.0439. The van der Waals surface area contributed by atoms with E-state index in [2.05, 4.69) is 70.4 Å². The zero-order valence-electron chi connectivity index (χ0n) is 43.9. The first kappa shape index (κ1) is 56.2. The van der Waals surface area contributed by atoms with Gasteiger partial charge in [0.2, 0.25) is 11.8 Å². The van der Waals surface area contributed by atoms with Crippen LogP contribution in [0.1, 0.15) is 241 Å². The third-order valence-corrected chi connectivity index (χ3v) is 17.5. The standard InChI is InChI=1S/C58H104N4O4/c1-7-8-9-10-11-12-13-14-15-16-17-18-19-20-23-31-55(64)62(45-54(63)60-41-26-24-40-59)43-27-22-21-25-42-61-56(65)66-49-36-38-57(5)48(44-49)32-33-50-52-35-34-51(47(4)30-28-29-46(2)3)58(52,6)39-37-53(50)57/h14-15,32,46-47,49-53H,7-13,16-31,33-45,59H2,1-6H3,(H,60,63)(H,61,65)/b15-14-/t47-,49+,50+,51-,52+,53+,57+,58-/m1/s1. The Hall–Kier alpha value is -2.35. The highest BCUT2D eigenvalue weighted by Gasteiger charge is 2.59. The summed E-state index contributed by atoms with van der Waals surface area (Å²) in [5, 5.41) is 6.02. The van der Waals surface area contributed by atoms with E-state index in [0.717, 1.165) is 119 Å². The molecule has 4 N–H and O–H groups in total. The summed E-state index contributed by atoms with van der Waals surface area (Å²) in [6.07, 6.45) is 42.8. The summed E-state index contributed by atoms with van der Waals surface area (Å²) in [5.74, 6) is 4.98. The average molecular weight is 921 g/mol. The minimum absolute atomic E-state index is 0.0366. The normalized spacial score (nSPS) is 26.4. The van der Waals surface area contributed by atoms with Crippen molar-refractivity contribution in [2.45, 2.75) is 247 Å². The maximum absolute atomic E-state index is 13.3. The molecular formula is C58H104N4O4. The molecule has 0 aliphatic heterocycles. The fourth-order valence-electron chi connectivity index (χ4n) is 13.4. The van der Waals surface area contributed by atoms with E-state index in [0.29, 0.717) is 38.0 Å². The molecule has 0 heterocycles. The van der Waals surface area contributed by atoms with E-state index in [-0.39, 0.29) is 36.0 Å². The summed E-state index contributed by atoms with van der Waals surface area (Å²) in [6, 6.07) is 0. The molecule has 0 spiro atoms. The molecule has 0 aromatic carbocycles. The van der Waals surface area contributed by atoms with Gasteiger partial charge >= 0.3 is 6.09 Å². The fraction of sp³-hybridized carbons (Fsp3) is 0.879. The molecule has 4 rings (SSSR count). The zero-order valence-corrected chi connectivity index (χ0v) is 43.9. The number of nitrogens with one attached hydrogen (secondary N) is 2. The molecule has 8 heteroatoms. The van der Waals surface area contributed by atoms with Crippen LogP contribution in [-0.2, 0) is 14.3 Å². The molecular weight excluding hydrogens is 817 g/mol. The fourth-order valence-corrected chi connectivity index (χ4v) is 13.4. The van der Waals surface area contributed by atoms with Crippen molar-refractivity contribution in [2.75, 3.05) is 32.7 Å². The molecule has 0 saturated heterocycles. The second kappa shape index (κ2) is 31.0. The number of allylic oxidation sites excluding steroid dienone is 3. The van der Waals surface area contributed by atoms with Gasteiger partial charge in [-0.1, -0.05) is 149 Å². The Kier molecular flexibility index (Phi) is 26.4. The Morgan fingerprint density at radius 3 is 2.15 bits per heavy atom. The lowest BCUT2D eigenvalue weighted by Gasteiger charge is -2.58. The monoisotopic (exact) mass is 921 g/mol. The zero-order chi connectivity index (χ0) is 47.6. The summed E-state index contributed by atoms with van der Waals surface area (Å²) in [4.78, 5) is 40.9. The van der Waals surface area contributed by atoms with Crippen LogP contribution in [0.15, 0.2) is 23.8 Å². The average Bonchev–Trinajstić information content (AvgIpc) is 3.65. The van der Waals surface area contributed by atoms with Crippen LogP contribution in [0.25, 0.3) is 0 Å². The number of rotatable bonds is 34. The van der Waals surface area contributed by atoms with E-state index >= 15 is 0 Å². The first-order chi connectivity index (χ1) is 31.9. The number of carbonyl (C=O) groups excluding carboxylic acids is 3. The molecule has 3 saturated carbocycles. The van der Waals surface area contributed by atoms with Crippen LogP contribution in [-0.4, -0.2) is 61.6 Å². The molecule has 8 atom stereocenters. The van der Waals surface area contributed by atoms with Gasteiger partial charge in [0.1, 0.15) is 6.10 Å². The Morgan fingerprint density at radius 1 is 0.758 bits per heavy atom. The van der Waals surface area contributed by atoms with E-state index < -0.39 is 0 Å². The molecule has 0 aromatic heterocycles. The van der Waals surface area contributed by atoms with Crippen molar-refractivity contribution in [1.82, 2.24) is 15.5 Å². The number of carbonyl (C=O) groups is 3. The lowest BCUT2D eigenvalue weighted by molar-refractivity contribution is -0.136. The number of fused-ring (bicyclic) bond motifs is 5. The molecule has 380 valence electrons. The van der Waals surface area contributed by atoms with E-state index in [9.17, 15) is 14.4 Å². The Labute approximate surface area is 406 Å². The Balaban J connectivity index is 1.10. The predicted molar refractivity (Wildman–Crippen MR) is 277 cm³/mol. The lowest BCUT2D eigenvalue weighted by Crippen LogP contribution is -2.51. The van der Waals surface area contributed by atoms with Gasteiger partial charge in [-0.3, -0.25) is 9.59 Å². The largest absolute Gasteiger partial charge is 0.446 e. The highest BCUT2D eigenvalue weighted by atomic mass is 16.6. The number of amides is 3. The number of alkyl carbamates (subject to hydrolysis) is 1. The molecule has 0 aromatic rings. The minimum Gasteiger partial charge on any atom is -0.446 e. The van der Waals surface area contributed by atoms with Crippen molar-refractivity contribution in [2.24, 2.45) is 52.1 Å². The molecule has 0 radical (unpaired) electrons. The minimum atomic E-state index is -0.282. The highest BCUT2D eigenvalue weighted by Crippen LogP contribution is 2.67. The molecule has 0 bridgehead atoms. The van der Waals surface area contributed by atoms with Gasteiger partial charge in [-0.25, -0.2) is 4.79 Å². The maximum atomic E-state index is 13.3. The van der Waals surface area contributed by atoms with Gasteiger partial charge < -0.3 is 26.0 Å². The summed E-state index contributed by atoms with van der Waals surface area (Å²) in [6.45, 7) is 17.3. The van der Waals surface area contributed by atoms with Crippen molar-refractivity contribution in [3.05, 3.63) is 23.8 Å². The van der Waals surface area contributed by atoms with Crippen LogP contribution in [0.5, 0.6) is 0 Å². The molecule has 66 heavy (non-hydrogen) atoms. The van der Waals surface area contributed by atoms with Gasteiger partial charge in [0, 0.05) is 32.5 Å². The molecule has 4 aliphatic carbocycles. The molecule has 8 nitrogen and oxygen atoms in total. The van der Waals surface area contributed by atoms with Crippen LogP contribution in [0.4, 0.5) is 4.79 Å². The summed E-state index contributed by atoms with van der Waals surface area (Å²) in [5.41, 5.74) is 7.95. The smallest absolute Gasteiger partial charge is 0.407 e. The number of nitrogens with two attached hydrogens (primary N) is 1. The number of hydrogen-bond donors (Lipinski definition) is 3. The summed E-state index contributed by atoms with van der Waals surface area (Å²) < 4.78 is 6.07. The van der Waals surface area contributed by atoms with E-state index in [1.807, 2.05) is 0 Å². The molecule has 4 aliphatic rings. The Bertz CT molecular complexity index is 1450. The van der Waals surface area contributed by atoms with Crippen LogP contribution in [0.2, 0.25) is 0 Å². The number of ether oxygens (including phenoxy) is 1. The lowest BCUT2D eigenvalue weighted by atomic mass is 9.47. The summed E-state index contributed by atoms with van der Waals surface area (Å²) >= 11 is 0. The van der Waals surface area contributed by atoms with Crippen LogP contribution < -0.4 is 16.4 Å². The van der Waals surface area contributed by atoms with Crippen LogP contribution in [0, 0.1) is 46.3 Å².